The summed E-state index contributed by atoms with van der Waals surface area (Å²) < 4.78 is 43.3. The largest absolute Gasteiger partial charge is 0.476 e. The fourth-order valence-corrected chi connectivity index (χ4v) is 5.82. The fraction of sp³-hybridized carbons (Fsp3) is 0.423. The molecular formula is C52H71Cl3N4O12. The molecule has 0 aliphatic heterocycles. The van der Waals surface area contributed by atoms with Crippen molar-refractivity contribution < 1.29 is 59.9 Å². The van der Waals surface area contributed by atoms with E-state index in [9.17, 15) is 28.8 Å². The van der Waals surface area contributed by atoms with Gasteiger partial charge in [-0.05, 0) is 132 Å². The monoisotopic (exact) mass is 1050 g/mol. The van der Waals surface area contributed by atoms with Crippen molar-refractivity contribution in [1.82, 2.24) is 16.0 Å². The third kappa shape index (κ3) is 24.2. The molecule has 0 bridgehead atoms. The molecule has 0 spiro atoms. The van der Waals surface area contributed by atoms with Gasteiger partial charge in [0.2, 0.25) is 13.6 Å². The molecule has 0 aliphatic carbocycles. The molecule has 4 rings (SSSR count). The highest BCUT2D eigenvalue weighted by Gasteiger charge is 2.33. The van der Waals surface area contributed by atoms with Crippen LogP contribution in [0.3, 0.4) is 0 Å². The van der Waals surface area contributed by atoms with E-state index < -0.39 is 54.6 Å². The number of esters is 4. The number of hydrogen-bond donors (Lipinski definition) is 4. The Bertz CT molecular complexity index is 2260. The normalized spacial score (nSPS) is 11.6. The van der Waals surface area contributed by atoms with Gasteiger partial charge in [0, 0.05) is 50.1 Å². The molecule has 0 radical (unpaired) electrons. The molecule has 4 aromatic rings. The standard InChI is InChI=1S/C25H31ClN2O6.C24H29ClN2O6.C2H6.CH4.ClH/c1-17(15-27-4)23(30)32-16-33-24(31)25(2,3)34-21-11-5-18(6-12-21)13-14-28-22(29)19-7-9-20(26)10-8-19;1-16(14-26)22(29)31-15-32-23(30)24(2,3)33-20-10-4-17(5-11-20)12-13-27-21(28)18-6-8-19(25)9-7-18;1-2;;/h5-12,17,27H,13-16H2,1-4H3,(H,28,29);4-11,16H,12-15,26H2,1-3H3,(H,27,28);1-2H3;1H4;1H/i;;1D;1T;. The van der Waals surface area contributed by atoms with E-state index in [1.807, 2.05) is 24.3 Å². The van der Waals surface area contributed by atoms with Crippen molar-refractivity contribution in [2.24, 2.45) is 17.6 Å². The molecule has 0 fully saturated rings. The Hall–Kier alpha value is -5.91. The SMILES string of the molecule is CC(CN)C(=O)OCOC(=O)C(C)(C)Oc1ccc(CCNC(=O)c2ccc(Cl)cc2)cc1.CNCC(C)C(=O)OCOC(=O)C(C)(C)Oc1ccc(CCNC(=O)c2ccc(Cl)cc2)cc1.Cl.[2H]CC.[3H]C. The zero-order valence-corrected chi connectivity index (χ0v) is 44.2. The summed E-state index contributed by atoms with van der Waals surface area (Å²) in [6.07, 6.45) is 1.25. The van der Waals surface area contributed by atoms with Gasteiger partial charge in [0.25, 0.3) is 11.8 Å². The van der Waals surface area contributed by atoms with Crippen molar-refractivity contribution in [3.63, 3.8) is 0 Å². The van der Waals surface area contributed by atoms with Crippen molar-refractivity contribution in [2.45, 2.75) is 86.8 Å². The van der Waals surface area contributed by atoms with Crippen LogP contribution in [0.25, 0.3) is 0 Å². The van der Waals surface area contributed by atoms with Gasteiger partial charge in [-0.15, -0.1) is 12.4 Å². The Balaban J connectivity index is 0.00000129. The van der Waals surface area contributed by atoms with Gasteiger partial charge in [0.1, 0.15) is 11.5 Å². The molecule has 5 N–H and O–H groups in total. The van der Waals surface area contributed by atoms with Crippen LogP contribution in [0, 0.1) is 11.8 Å². The van der Waals surface area contributed by atoms with E-state index in [4.69, 9.17) is 60.1 Å². The summed E-state index contributed by atoms with van der Waals surface area (Å²) in [5, 5.41) is 9.75. The van der Waals surface area contributed by atoms with Gasteiger partial charge >= 0.3 is 23.9 Å². The molecule has 392 valence electrons. The number of halogens is 3. The first kappa shape index (κ1) is 61.2. The smallest absolute Gasteiger partial charge is 0.352 e. The van der Waals surface area contributed by atoms with Crippen LogP contribution in [0.5, 0.6) is 11.5 Å². The van der Waals surface area contributed by atoms with Crippen LogP contribution in [-0.4, -0.2) is 93.7 Å². The number of nitrogens with two attached hydrogens (primary N) is 1. The van der Waals surface area contributed by atoms with Crippen LogP contribution in [-0.2, 0) is 51.0 Å². The minimum atomic E-state index is -1.29. The van der Waals surface area contributed by atoms with E-state index in [-0.39, 0.29) is 36.7 Å². The van der Waals surface area contributed by atoms with Crippen molar-refractivity contribution in [3.8, 4) is 11.5 Å². The first-order valence-corrected chi connectivity index (χ1v) is 22.9. The van der Waals surface area contributed by atoms with Crippen molar-refractivity contribution >= 4 is 71.3 Å². The lowest BCUT2D eigenvalue weighted by atomic mass is 10.1. The summed E-state index contributed by atoms with van der Waals surface area (Å²) in [5.41, 5.74) is 5.88. The first-order chi connectivity index (χ1) is 34.2. The third-order valence-corrected chi connectivity index (χ3v) is 10.1. The zero-order chi connectivity index (χ0) is 54.3. The third-order valence-electron chi connectivity index (χ3n) is 9.64. The maximum Gasteiger partial charge on any atom is 0.352 e. The predicted octanol–water partition coefficient (Wildman–Crippen LogP) is 8.56. The molecular weight excluding hydrogens is 979 g/mol. The van der Waals surface area contributed by atoms with Gasteiger partial charge in [0.05, 0.1) is 11.8 Å². The number of benzene rings is 4. The average Bonchev–Trinajstić information content (AvgIpc) is 3.35. The van der Waals surface area contributed by atoms with Crippen LogP contribution in [0.1, 0.15) is 97.4 Å². The highest BCUT2D eigenvalue weighted by Crippen LogP contribution is 2.22. The van der Waals surface area contributed by atoms with E-state index >= 15 is 0 Å². The second kappa shape index (κ2) is 33.6. The summed E-state index contributed by atoms with van der Waals surface area (Å²) >= 11 is 11.7. The van der Waals surface area contributed by atoms with Gasteiger partial charge in [-0.2, -0.15) is 0 Å². The Kier molecular flexibility index (Phi) is 29.0. The Morgan fingerprint density at radius 3 is 1.30 bits per heavy atom. The molecule has 2 amide bonds. The molecule has 2 unspecified atom stereocenters. The summed E-state index contributed by atoms with van der Waals surface area (Å²) in [5.74, 6) is -2.54. The van der Waals surface area contributed by atoms with E-state index in [0.29, 0.717) is 72.0 Å². The number of amides is 2. The number of nitrogens with one attached hydrogen (secondary N) is 3. The van der Waals surface area contributed by atoms with Crippen LogP contribution in [0.4, 0.5) is 0 Å². The molecule has 0 heterocycles. The summed E-state index contributed by atoms with van der Waals surface area (Å²) in [7, 11) is 2.98. The lowest BCUT2D eigenvalue weighted by Crippen LogP contribution is -2.40. The summed E-state index contributed by atoms with van der Waals surface area (Å²) in [4.78, 5) is 72.3. The number of ether oxygens (including phenoxy) is 6. The van der Waals surface area contributed by atoms with Gasteiger partial charge in [-0.25, -0.2) is 9.59 Å². The molecule has 0 aliphatic rings. The summed E-state index contributed by atoms with van der Waals surface area (Å²) in [6, 6.07) is 27.7. The van der Waals surface area contributed by atoms with Crippen molar-refractivity contribution in [1.29, 1.82) is 0 Å². The fourth-order valence-electron chi connectivity index (χ4n) is 5.57. The van der Waals surface area contributed by atoms with Gasteiger partial charge in [-0.1, -0.05) is 82.5 Å². The molecule has 2 atom stereocenters. The van der Waals surface area contributed by atoms with Crippen LogP contribution >= 0.6 is 35.6 Å². The van der Waals surface area contributed by atoms with E-state index in [1.165, 1.54) is 7.40 Å². The molecule has 71 heavy (non-hydrogen) atoms. The number of hydrogen-bond acceptors (Lipinski definition) is 14. The minimum Gasteiger partial charge on any atom is -0.476 e. The minimum absolute atomic E-state index is 0. The summed E-state index contributed by atoms with van der Waals surface area (Å²) in [6.45, 7) is 12.4. The number of carbonyl (C=O) groups excluding carboxylic acids is 6. The lowest BCUT2D eigenvalue weighted by molar-refractivity contribution is -0.180. The topological polar surface area (TPSA) is 220 Å². The Labute approximate surface area is 437 Å². The highest BCUT2D eigenvalue weighted by molar-refractivity contribution is 6.31. The molecule has 4 aromatic carbocycles. The molecule has 0 saturated carbocycles. The molecule has 16 nitrogen and oxygen atoms in total. The second-order valence-corrected chi connectivity index (χ2v) is 17.0. The van der Waals surface area contributed by atoms with Crippen LogP contribution in [0.15, 0.2) is 97.1 Å². The van der Waals surface area contributed by atoms with E-state index in [0.717, 1.165) is 11.1 Å². The van der Waals surface area contributed by atoms with Crippen molar-refractivity contribution in [3.05, 3.63) is 129 Å². The lowest BCUT2D eigenvalue weighted by Gasteiger charge is -2.24. The molecule has 19 heteroatoms. The molecule has 0 aromatic heterocycles. The Morgan fingerprint density at radius 1 is 0.634 bits per heavy atom. The van der Waals surface area contributed by atoms with Crippen LogP contribution < -0.4 is 31.2 Å². The van der Waals surface area contributed by atoms with E-state index in [2.05, 4.69) is 16.0 Å². The first-order valence-electron chi connectivity index (χ1n) is 23.8. The maximum absolute atomic E-state index is 12.4. The van der Waals surface area contributed by atoms with Gasteiger partial charge < -0.3 is 50.1 Å². The van der Waals surface area contributed by atoms with Gasteiger partial charge in [-0.3, -0.25) is 19.2 Å². The average molecular weight is 1050 g/mol. The number of carbonyl (C=O) groups is 6. The predicted molar refractivity (Wildman–Crippen MR) is 278 cm³/mol. The zero-order valence-electron chi connectivity index (χ0n) is 43.9. The quantitative estimate of drug-likeness (QED) is 0.0404. The Morgan fingerprint density at radius 2 is 0.972 bits per heavy atom. The van der Waals surface area contributed by atoms with Gasteiger partial charge in [0.15, 0.2) is 11.2 Å². The number of rotatable bonds is 23. The maximum atomic E-state index is 12.4. The highest BCUT2D eigenvalue weighted by atomic mass is 35.5. The van der Waals surface area contributed by atoms with E-state index in [1.54, 1.807) is 128 Å². The molecule has 0 saturated heterocycles. The van der Waals surface area contributed by atoms with Crippen LogP contribution in [0.2, 0.25) is 10.0 Å². The second-order valence-electron chi connectivity index (χ2n) is 16.2. The van der Waals surface area contributed by atoms with Crippen molar-refractivity contribution in [2.75, 3.05) is 46.8 Å².